The normalized spacial score (nSPS) is 14.2. The Kier molecular flexibility index (Phi) is 14.9. The molecule has 13 nitrogen and oxygen atoms in total. The summed E-state index contributed by atoms with van der Waals surface area (Å²) >= 11 is 0. The smallest absolute Gasteiger partial charge is 0.407 e. The van der Waals surface area contributed by atoms with Crippen LogP contribution >= 0.6 is 0 Å². The van der Waals surface area contributed by atoms with Gasteiger partial charge in [0.05, 0.1) is 19.3 Å². The number of aliphatic hydroxyl groups is 1. The van der Waals surface area contributed by atoms with E-state index in [9.17, 15) is 29.1 Å². The zero-order valence-corrected chi connectivity index (χ0v) is 31.0. The fourth-order valence-electron chi connectivity index (χ4n) is 5.89. The van der Waals surface area contributed by atoms with E-state index in [-0.39, 0.29) is 45.2 Å². The third-order valence-electron chi connectivity index (χ3n) is 8.42. The third-order valence-corrected chi connectivity index (χ3v) is 8.42. The summed E-state index contributed by atoms with van der Waals surface area (Å²) in [7, 11) is 0. The second kappa shape index (κ2) is 19.5. The highest BCUT2D eigenvalue weighted by Gasteiger charge is 2.34. The van der Waals surface area contributed by atoms with Crippen LogP contribution < -0.4 is 16.0 Å². The summed E-state index contributed by atoms with van der Waals surface area (Å²) < 4.78 is 21.9. The lowest BCUT2D eigenvalue weighted by Gasteiger charge is -2.26. The van der Waals surface area contributed by atoms with Crippen molar-refractivity contribution in [3.63, 3.8) is 0 Å². The van der Waals surface area contributed by atoms with E-state index in [1.165, 1.54) is 13.0 Å². The largest absolute Gasteiger partial charge is 0.460 e. The molecule has 1 aliphatic rings. The number of benzene rings is 3. The van der Waals surface area contributed by atoms with Crippen LogP contribution in [-0.4, -0.2) is 84.6 Å². The lowest BCUT2D eigenvalue weighted by molar-refractivity contribution is -0.155. The molecule has 3 unspecified atom stereocenters. The molecule has 0 saturated heterocycles. The van der Waals surface area contributed by atoms with Crippen molar-refractivity contribution >= 4 is 29.8 Å². The molecule has 288 valence electrons. The topological polar surface area (TPSA) is 179 Å². The number of nitrogens with one attached hydrogen (secondary N) is 3. The van der Waals surface area contributed by atoms with Gasteiger partial charge in [0.2, 0.25) is 11.8 Å². The van der Waals surface area contributed by atoms with Crippen LogP contribution in [0.2, 0.25) is 0 Å². The van der Waals surface area contributed by atoms with Crippen molar-refractivity contribution < 1.29 is 48.0 Å². The van der Waals surface area contributed by atoms with Crippen molar-refractivity contribution in [1.29, 1.82) is 0 Å². The highest BCUT2D eigenvalue weighted by Crippen LogP contribution is 2.44. The average Bonchev–Trinajstić information content (AvgIpc) is 3.46. The van der Waals surface area contributed by atoms with Gasteiger partial charge in [-0.3, -0.25) is 14.4 Å². The van der Waals surface area contributed by atoms with E-state index < -0.39 is 59.7 Å². The first-order valence-corrected chi connectivity index (χ1v) is 17.8. The van der Waals surface area contributed by atoms with Gasteiger partial charge in [0, 0.05) is 12.3 Å². The number of rotatable bonds is 18. The average molecular weight is 744 g/mol. The number of alkyl carbamates (subject to hydrolysis) is 1. The summed E-state index contributed by atoms with van der Waals surface area (Å²) in [5, 5.41) is 17.8. The van der Waals surface area contributed by atoms with E-state index >= 15 is 0 Å². The summed E-state index contributed by atoms with van der Waals surface area (Å²) in [6.07, 6.45) is -1.39. The Morgan fingerprint density at radius 1 is 0.815 bits per heavy atom. The van der Waals surface area contributed by atoms with Crippen molar-refractivity contribution in [1.82, 2.24) is 16.0 Å². The van der Waals surface area contributed by atoms with Crippen LogP contribution in [0.4, 0.5) is 4.79 Å². The first kappa shape index (κ1) is 41.2. The zero-order chi connectivity index (χ0) is 39.3. The number of hydrogen-bond acceptors (Lipinski definition) is 10. The molecule has 0 fully saturated rings. The molecule has 3 aromatic rings. The number of amides is 3. The van der Waals surface area contributed by atoms with E-state index in [0.717, 1.165) is 27.8 Å². The minimum atomic E-state index is -1.48. The summed E-state index contributed by atoms with van der Waals surface area (Å²) in [6.45, 7) is 9.45. The van der Waals surface area contributed by atoms with Crippen molar-refractivity contribution in [2.24, 2.45) is 0 Å². The molecule has 4 N–H and O–H groups in total. The van der Waals surface area contributed by atoms with Crippen LogP contribution in [-0.2, 0) is 44.7 Å². The minimum Gasteiger partial charge on any atom is -0.460 e. The van der Waals surface area contributed by atoms with E-state index in [1.807, 2.05) is 78.9 Å². The number of hydrogen-bond donors (Lipinski definition) is 4. The number of carbonyl (C=O) groups excluding carboxylic acids is 5. The van der Waals surface area contributed by atoms with Crippen LogP contribution in [0.3, 0.4) is 0 Å². The Morgan fingerprint density at radius 3 is 2.00 bits per heavy atom. The fraction of sp³-hybridized carbons (Fsp3) is 0.390. The Hall–Kier alpha value is -5.53. The first-order chi connectivity index (χ1) is 25.8. The number of carbonyl (C=O) groups is 5. The van der Waals surface area contributed by atoms with Crippen LogP contribution in [0.1, 0.15) is 63.1 Å². The Labute approximate surface area is 315 Å². The number of fused-ring (bicyclic) bond motifs is 3. The van der Waals surface area contributed by atoms with Crippen molar-refractivity contribution in [2.45, 2.75) is 82.9 Å². The molecule has 0 heterocycles. The molecule has 0 radical (unpaired) electrons. The van der Waals surface area contributed by atoms with Crippen LogP contribution in [0.5, 0.6) is 0 Å². The quantitative estimate of drug-likeness (QED) is 0.0834. The third kappa shape index (κ3) is 12.0. The van der Waals surface area contributed by atoms with E-state index in [1.54, 1.807) is 20.8 Å². The number of aliphatic hydroxyl groups excluding tert-OH is 1. The summed E-state index contributed by atoms with van der Waals surface area (Å²) in [5.41, 5.74) is 4.09. The second-order valence-electron chi connectivity index (χ2n) is 13.9. The van der Waals surface area contributed by atoms with E-state index in [0.29, 0.717) is 0 Å². The molecule has 0 aliphatic heterocycles. The highest BCUT2D eigenvalue weighted by atomic mass is 16.6. The Balaban J connectivity index is 1.51. The van der Waals surface area contributed by atoms with Gasteiger partial charge < -0.3 is 40.0 Å². The van der Waals surface area contributed by atoms with Crippen LogP contribution in [0.25, 0.3) is 11.1 Å². The molecule has 0 spiro atoms. The molecule has 0 aromatic heterocycles. The summed E-state index contributed by atoms with van der Waals surface area (Å²) in [6, 6.07) is 20.5. The molecule has 1 aliphatic carbocycles. The number of ether oxygens (including phenoxy) is 4. The highest BCUT2D eigenvalue weighted by molar-refractivity contribution is 5.93. The van der Waals surface area contributed by atoms with E-state index in [2.05, 4.69) is 22.5 Å². The van der Waals surface area contributed by atoms with Gasteiger partial charge in [-0.05, 0) is 61.9 Å². The van der Waals surface area contributed by atoms with Crippen LogP contribution in [0.15, 0.2) is 91.5 Å². The predicted octanol–water partition coefficient (Wildman–Crippen LogP) is 4.31. The summed E-state index contributed by atoms with van der Waals surface area (Å²) in [5.74, 6) is -3.47. The molecule has 4 atom stereocenters. The van der Waals surface area contributed by atoms with Crippen molar-refractivity contribution in [3.05, 3.63) is 108 Å². The lowest BCUT2D eigenvalue weighted by Crippen LogP contribution is -2.59. The predicted molar refractivity (Wildman–Crippen MR) is 200 cm³/mol. The Morgan fingerprint density at radius 2 is 1.41 bits per heavy atom. The van der Waals surface area contributed by atoms with Gasteiger partial charge in [-0.15, -0.1) is 0 Å². The summed E-state index contributed by atoms with van der Waals surface area (Å²) in [4.78, 5) is 66.1. The molecule has 3 amide bonds. The molecule has 3 aromatic carbocycles. The maximum atomic E-state index is 13.9. The molecular formula is C41H49N3O10. The fourth-order valence-corrected chi connectivity index (χ4v) is 5.89. The van der Waals surface area contributed by atoms with Gasteiger partial charge in [-0.2, -0.15) is 0 Å². The van der Waals surface area contributed by atoms with Crippen molar-refractivity contribution in [2.75, 3.05) is 19.8 Å². The lowest BCUT2D eigenvalue weighted by atomic mass is 9.98. The van der Waals surface area contributed by atoms with Gasteiger partial charge in [-0.1, -0.05) is 91.5 Å². The molecule has 0 bridgehead atoms. The van der Waals surface area contributed by atoms with Gasteiger partial charge in [-0.25, -0.2) is 9.59 Å². The Bertz CT molecular complexity index is 1730. The minimum absolute atomic E-state index is 0.0265. The van der Waals surface area contributed by atoms with Gasteiger partial charge in [0.1, 0.15) is 30.9 Å². The maximum absolute atomic E-state index is 13.9. The van der Waals surface area contributed by atoms with Gasteiger partial charge in [0.25, 0.3) is 0 Å². The van der Waals surface area contributed by atoms with Gasteiger partial charge in [0.15, 0.2) is 6.04 Å². The zero-order valence-electron chi connectivity index (χ0n) is 31.0. The molecular weight excluding hydrogens is 694 g/mol. The first-order valence-electron chi connectivity index (χ1n) is 17.8. The van der Waals surface area contributed by atoms with Crippen LogP contribution in [0, 0.1) is 0 Å². The second-order valence-corrected chi connectivity index (χ2v) is 13.9. The van der Waals surface area contributed by atoms with Crippen molar-refractivity contribution in [3.8, 4) is 11.1 Å². The molecule has 54 heavy (non-hydrogen) atoms. The monoisotopic (exact) mass is 743 g/mol. The number of esters is 2. The van der Waals surface area contributed by atoms with E-state index in [4.69, 9.17) is 18.9 Å². The van der Waals surface area contributed by atoms with Gasteiger partial charge >= 0.3 is 18.0 Å². The molecule has 13 heteroatoms. The SMILES string of the molecule is C=CCOC(=O)C(NC(=O)C(COCc1ccccc1)NC(=O)C(CCC(=O)OC(C)(C)C)NC(=O)OCC1c2ccccc2-c2ccccc21)[C@@H](C)O. The standard InChI is InChI=1S/C41H49N3O10/c1-6-22-52-39(49)36(26(2)45)44-38(48)34(25-51-23-27-14-8-7-9-15-27)42-37(47)33(20-21-35(46)54-41(3,4)5)43-40(50)53-24-32-30-18-12-10-16-28(30)29-17-11-13-19-31(29)32/h6-19,26,32-34,36,45H,1,20-25H2,2-5H3,(H,42,47)(H,43,50)(H,44,48)/t26-,33?,34?,36?/m1/s1. The maximum Gasteiger partial charge on any atom is 0.407 e. The molecule has 0 saturated carbocycles. The molecule has 4 rings (SSSR count).